The van der Waals surface area contributed by atoms with E-state index in [9.17, 15) is 9.59 Å². The summed E-state index contributed by atoms with van der Waals surface area (Å²) < 4.78 is 4.28. The van der Waals surface area contributed by atoms with Crippen molar-refractivity contribution in [2.75, 3.05) is 13.7 Å². The molecule has 0 aromatic carbocycles. The summed E-state index contributed by atoms with van der Waals surface area (Å²) >= 11 is 0. The molecule has 4 N–H and O–H groups in total. The van der Waals surface area contributed by atoms with Crippen LogP contribution in [0.15, 0.2) is 0 Å². The molecule has 0 aromatic heterocycles. The number of carbonyl (C=O) groups excluding carboxylic acids is 2. The van der Waals surface area contributed by atoms with Crippen molar-refractivity contribution < 1.29 is 14.3 Å². The fourth-order valence-electron chi connectivity index (χ4n) is 1.15. The van der Waals surface area contributed by atoms with E-state index < -0.39 is 17.8 Å². The van der Waals surface area contributed by atoms with Gasteiger partial charge in [0.25, 0.3) is 5.78 Å². The van der Waals surface area contributed by atoms with E-state index in [2.05, 4.69) is 10.1 Å². The molecule has 0 unspecified atom stereocenters. The number of ketones is 1. The van der Waals surface area contributed by atoms with Crippen molar-refractivity contribution in [1.29, 1.82) is 5.41 Å². The topological polar surface area (TPSA) is 105 Å². The van der Waals surface area contributed by atoms with Crippen LogP contribution in [-0.2, 0) is 14.3 Å². The van der Waals surface area contributed by atoms with Gasteiger partial charge in [-0.1, -0.05) is 0 Å². The van der Waals surface area contributed by atoms with Crippen LogP contribution in [-0.4, -0.2) is 37.3 Å². The third-order valence-electron chi connectivity index (χ3n) is 2.06. The summed E-state index contributed by atoms with van der Waals surface area (Å²) in [5.74, 6) is -1.16. The Morgan fingerprint density at radius 3 is 2.56 bits per heavy atom. The first-order chi connectivity index (χ1) is 7.49. The molecule has 0 saturated heterocycles. The molecular formula is C10H19N3O3. The number of amidine groups is 1. The number of nitrogens with two attached hydrogens (primary N) is 1. The summed E-state index contributed by atoms with van der Waals surface area (Å²) in [6, 6.07) is -0.784. The Bertz CT molecular complexity index is 266. The average Bonchev–Trinajstić information content (AvgIpc) is 2.25. The second-order valence-electron chi connectivity index (χ2n) is 3.51. The molecule has 0 heterocycles. The number of esters is 1. The van der Waals surface area contributed by atoms with Gasteiger partial charge in [-0.25, -0.2) is 4.79 Å². The molecule has 0 aliphatic rings. The number of unbranched alkanes of at least 4 members (excludes halogenated alkanes) is 1. The minimum Gasteiger partial charge on any atom is -0.463 e. The van der Waals surface area contributed by atoms with Crippen LogP contribution in [0, 0.1) is 5.41 Å². The number of methoxy groups -OCH3 is 1. The lowest BCUT2D eigenvalue weighted by atomic mass is 10.1. The number of Topliss-reactive ketones (excluding diaryl/α,β-unsaturated/α-hetero) is 1. The first kappa shape index (κ1) is 14.6. The highest BCUT2D eigenvalue weighted by atomic mass is 16.5. The summed E-state index contributed by atoms with van der Waals surface area (Å²) in [5, 5.41) is 9.96. The lowest BCUT2D eigenvalue weighted by Gasteiger charge is -2.09. The first-order valence-corrected chi connectivity index (χ1v) is 5.15. The maximum Gasteiger partial charge on any atom is 0.376 e. The van der Waals surface area contributed by atoms with Crippen molar-refractivity contribution >= 4 is 17.6 Å². The van der Waals surface area contributed by atoms with Crippen molar-refractivity contribution in [1.82, 2.24) is 5.32 Å². The van der Waals surface area contributed by atoms with Crippen LogP contribution in [0.3, 0.4) is 0 Å². The van der Waals surface area contributed by atoms with E-state index in [1.54, 1.807) is 6.92 Å². The van der Waals surface area contributed by atoms with Crippen molar-refractivity contribution in [3.05, 3.63) is 0 Å². The lowest BCUT2D eigenvalue weighted by molar-refractivity contribution is -0.152. The highest BCUT2D eigenvalue weighted by molar-refractivity contribution is 6.35. The van der Waals surface area contributed by atoms with E-state index in [4.69, 9.17) is 11.1 Å². The van der Waals surface area contributed by atoms with E-state index in [-0.39, 0.29) is 0 Å². The Morgan fingerprint density at radius 2 is 2.06 bits per heavy atom. The van der Waals surface area contributed by atoms with Crippen molar-refractivity contribution in [3.63, 3.8) is 0 Å². The van der Waals surface area contributed by atoms with Gasteiger partial charge in [0.15, 0.2) is 0 Å². The predicted molar refractivity (Wildman–Crippen MR) is 60.3 cm³/mol. The van der Waals surface area contributed by atoms with Crippen LogP contribution in [0.2, 0.25) is 0 Å². The van der Waals surface area contributed by atoms with Gasteiger partial charge in [-0.2, -0.15) is 0 Å². The van der Waals surface area contributed by atoms with Gasteiger partial charge in [-0.3, -0.25) is 10.2 Å². The number of hydrogen-bond acceptors (Lipinski definition) is 5. The zero-order chi connectivity index (χ0) is 12.6. The molecule has 92 valence electrons. The highest BCUT2D eigenvalue weighted by Crippen LogP contribution is 2.00. The Balaban J connectivity index is 3.65. The van der Waals surface area contributed by atoms with Crippen LogP contribution in [0.25, 0.3) is 0 Å². The Morgan fingerprint density at radius 1 is 1.44 bits per heavy atom. The molecule has 6 nitrogen and oxygen atoms in total. The Hall–Kier alpha value is -1.43. The van der Waals surface area contributed by atoms with Gasteiger partial charge in [0.05, 0.1) is 19.0 Å². The fourth-order valence-corrected chi connectivity index (χ4v) is 1.15. The molecule has 0 aromatic rings. The summed E-state index contributed by atoms with van der Waals surface area (Å²) in [6.07, 6.45) is 1.98. The quantitative estimate of drug-likeness (QED) is 0.184. The molecule has 0 rings (SSSR count). The number of carbonyl (C=O) groups is 2. The molecule has 6 heteroatoms. The average molecular weight is 229 g/mol. The minimum atomic E-state index is -0.888. The fraction of sp³-hybridized carbons (Fsp3) is 0.700. The van der Waals surface area contributed by atoms with Gasteiger partial charge in [0.1, 0.15) is 0 Å². The smallest absolute Gasteiger partial charge is 0.376 e. The van der Waals surface area contributed by atoms with E-state index in [0.29, 0.717) is 18.8 Å². The maximum atomic E-state index is 11.2. The predicted octanol–water partition coefficient (Wildman–Crippen LogP) is -0.187. The highest BCUT2D eigenvalue weighted by Gasteiger charge is 2.21. The molecule has 0 saturated carbocycles. The molecular weight excluding hydrogens is 210 g/mol. The second-order valence-corrected chi connectivity index (χ2v) is 3.51. The maximum absolute atomic E-state index is 11.2. The van der Waals surface area contributed by atoms with E-state index in [1.807, 2.05) is 0 Å². The van der Waals surface area contributed by atoms with Gasteiger partial charge in [0.2, 0.25) is 0 Å². The second kappa shape index (κ2) is 7.81. The van der Waals surface area contributed by atoms with Gasteiger partial charge < -0.3 is 15.8 Å². The molecule has 0 spiro atoms. The van der Waals surface area contributed by atoms with Gasteiger partial charge >= 0.3 is 5.97 Å². The van der Waals surface area contributed by atoms with E-state index in [1.165, 1.54) is 0 Å². The Labute approximate surface area is 95.0 Å². The minimum absolute atomic E-state index is 0.412. The van der Waals surface area contributed by atoms with Gasteiger partial charge in [0, 0.05) is 6.54 Å². The van der Waals surface area contributed by atoms with Gasteiger partial charge in [-0.05, 0) is 26.2 Å². The van der Waals surface area contributed by atoms with Crippen LogP contribution >= 0.6 is 0 Å². The zero-order valence-electron chi connectivity index (χ0n) is 9.71. The van der Waals surface area contributed by atoms with Crippen LogP contribution in [0.1, 0.15) is 26.2 Å². The van der Waals surface area contributed by atoms with Crippen molar-refractivity contribution in [2.24, 2.45) is 5.73 Å². The largest absolute Gasteiger partial charge is 0.463 e. The van der Waals surface area contributed by atoms with E-state index >= 15 is 0 Å². The van der Waals surface area contributed by atoms with Crippen LogP contribution < -0.4 is 11.1 Å². The molecule has 0 fully saturated rings. The number of nitrogens with one attached hydrogen (secondary N) is 2. The molecule has 1 atom stereocenters. The summed E-state index contributed by atoms with van der Waals surface area (Å²) in [7, 11) is 1.16. The molecule has 0 aliphatic carbocycles. The Kier molecular flexibility index (Phi) is 7.11. The molecule has 0 amide bonds. The van der Waals surface area contributed by atoms with E-state index in [0.717, 1.165) is 20.0 Å². The summed E-state index contributed by atoms with van der Waals surface area (Å²) in [5.41, 5.74) is 5.52. The molecule has 0 bridgehead atoms. The normalized spacial score (nSPS) is 11.7. The molecule has 0 aliphatic heterocycles. The number of rotatable bonds is 7. The summed E-state index contributed by atoms with van der Waals surface area (Å²) in [4.78, 5) is 22.0. The molecule has 16 heavy (non-hydrogen) atoms. The molecule has 0 radical (unpaired) electrons. The summed E-state index contributed by atoms with van der Waals surface area (Å²) in [6.45, 7) is 2.33. The van der Waals surface area contributed by atoms with Gasteiger partial charge in [-0.15, -0.1) is 0 Å². The number of ether oxygens (including phenoxy) is 1. The monoisotopic (exact) mass is 229 g/mol. The van der Waals surface area contributed by atoms with Crippen LogP contribution in [0.4, 0.5) is 0 Å². The van der Waals surface area contributed by atoms with Crippen molar-refractivity contribution in [2.45, 2.75) is 32.2 Å². The SMILES string of the molecule is COC(=O)C(=O)[C@@H](N)CCCCNC(C)=N. The van der Waals surface area contributed by atoms with Crippen LogP contribution in [0.5, 0.6) is 0 Å². The van der Waals surface area contributed by atoms with Crippen molar-refractivity contribution in [3.8, 4) is 0 Å². The standard InChI is InChI=1S/C10H19N3O3/c1-7(11)13-6-4-3-5-8(12)9(14)10(15)16-2/h8H,3-6,12H2,1-2H3,(H2,11,13)/t8-/m0/s1. The third kappa shape index (κ3) is 6.13. The lowest BCUT2D eigenvalue weighted by Crippen LogP contribution is -2.36. The third-order valence-corrected chi connectivity index (χ3v) is 2.06. The first-order valence-electron chi connectivity index (χ1n) is 5.15. The zero-order valence-corrected chi connectivity index (χ0v) is 9.71. The number of hydrogen-bond donors (Lipinski definition) is 3.